The van der Waals surface area contributed by atoms with Crippen LogP contribution in [0.3, 0.4) is 0 Å². The van der Waals surface area contributed by atoms with Crippen LogP contribution in [-0.4, -0.2) is 52.9 Å². The fraction of sp³-hybridized carbons (Fsp3) is 0.550. The Bertz CT molecular complexity index is 980. The molecular weight excluding hydrogens is 390 g/mol. The van der Waals surface area contributed by atoms with E-state index in [1.807, 2.05) is 0 Å². The van der Waals surface area contributed by atoms with E-state index in [1.54, 1.807) is 17.5 Å². The molecule has 5 rings (SSSR count). The first-order chi connectivity index (χ1) is 14.2. The van der Waals surface area contributed by atoms with E-state index < -0.39 is 0 Å². The summed E-state index contributed by atoms with van der Waals surface area (Å²) >= 11 is 1.67. The predicted octanol–water partition coefficient (Wildman–Crippen LogP) is 3.75. The maximum Gasteiger partial charge on any atom is 0.232 e. The van der Waals surface area contributed by atoms with Gasteiger partial charge in [0.1, 0.15) is 22.9 Å². The third kappa shape index (κ3) is 3.82. The molecule has 1 aliphatic carbocycles. The second-order valence-electron chi connectivity index (χ2n) is 7.89. The molecule has 0 saturated heterocycles. The van der Waals surface area contributed by atoms with Gasteiger partial charge in [0.05, 0.1) is 24.8 Å². The van der Waals surface area contributed by atoms with Crippen LogP contribution in [0, 0.1) is 0 Å². The lowest BCUT2D eigenvalue weighted by molar-refractivity contribution is 0.108. The molecule has 1 saturated carbocycles. The van der Waals surface area contributed by atoms with Gasteiger partial charge in [-0.2, -0.15) is 4.98 Å². The van der Waals surface area contributed by atoms with Gasteiger partial charge in [-0.1, -0.05) is 5.16 Å². The van der Waals surface area contributed by atoms with E-state index in [0.717, 1.165) is 48.9 Å². The Morgan fingerprint density at radius 1 is 1.21 bits per heavy atom. The van der Waals surface area contributed by atoms with Crippen molar-refractivity contribution in [2.45, 2.75) is 50.9 Å². The zero-order chi connectivity index (χ0) is 19.8. The van der Waals surface area contributed by atoms with Gasteiger partial charge >= 0.3 is 0 Å². The monoisotopic (exact) mass is 415 g/mol. The Labute approximate surface area is 173 Å². The number of rotatable bonds is 5. The van der Waals surface area contributed by atoms with Gasteiger partial charge in [-0.15, -0.1) is 11.3 Å². The Kier molecular flexibility index (Phi) is 5.11. The third-order valence-electron chi connectivity index (χ3n) is 5.77. The molecule has 0 amide bonds. The summed E-state index contributed by atoms with van der Waals surface area (Å²) in [7, 11) is 4.31. The van der Waals surface area contributed by atoms with E-state index >= 15 is 0 Å². The quantitative estimate of drug-likeness (QED) is 0.674. The molecule has 1 aliphatic heterocycles. The largest absolute Gasteiger partial charge is 0.474 e. The Morgan fingerprint density at radius 3 is 2.83 bits per heavy atom. The molecule has 0 radical (unpaired) electrons. The molecule has 0 spiro atoms. The highest BCUT2D eigenvalue weighted by Gasteiger charge is 2.27. The van der Waals surface area contributed by atoms with Crippen molar-refractivity contribution in [3.63, 3.8) is 0 Å². The average molecular weight is 416 g/mol. The van der Waals surface area contributed by atoms with Crippen molar-refractivity contribution in [1.82, 2.24) is 20.0 Å². The molecule has 0 atom stereocenters. The van der Waals surface area contributed by atoms with Crippen LogP contribution in [0.5, 0.6) is 5.88 Å². The number of nitrogens with zero attached hydrogens (tertiary/aromatic N) is 4. The molecule has 29 heavy (non-hydrogen) atoms. The van der Waals surface area contributed by atoms with Gasteiger partial charge in [-0.25, -0.2) is 4.98 Å². The molecule has 3 aromatic rings. The van der Waals surface area contributed by atoms with Gasteiger partial charge < -0.3 is 24.2 Å². The lowest BCUT2D eigenvalue weighted by Crippen LogP contribution is -2.35. The molecule has 154 valence electrons. The Balaban J connectivity index is 1.47. The lowest BCUT2D eigenvalue weighted by Gasteiger charge is -2.32. The maximum atomic E-state index is 6.50. The van der Waals surface area contributed by atoms with Crippen LogP contribution in [0.2, 0.25) is 0 Å². The minimum atomic E-state index is 0.183. The highest BCUT2D eigenvalue weighted by Crippen LogP contribution is 2.40. The van der Waals surface area contributed by atoms with Crippen molar-refractivity contribution in [3.8, 4) is 5.88 Å². The number of fused-ring (bicyclic) bond motifs is 3. The molecule has 0 aromatic carbocycles. The normalized spacial score (nSPS) is 22.0. The first-order valence-electron chi connectivity index (χ1n) is 10.1. The van der Waals surface area contributed by atoms with Crippen LogP contribution in [0.25, 0.3) is 10.2 Å². The van der Waals surface area contributed by atoms with Crippen LogP contribution in [0.1, 0.15) is 36.1 Å². The molecule has 0 unspecified atom stereocenters. The molecule has 0 bridgehead atoms. The van der Waals surface area contributed by atoms with Crippen LogP contribution < -0.4 is 10.1 Å². The summed E-state index contributed by atoms with van der Waals surface area (Å²) in [5.74, 6) is 1.18. The summed E-state index contributed by atoms with van der Waals surface area (Å²) in [6.07, 6.45) is 8.56. The topological polar surface area (TPSA) is 85.5 Å². The van der Waals surface area contributed by atoms with Gasteiger partial charge in [-0.05, 0) is 51.8 Å². The molecular formula is C20H25N5O3S. The zero-order valence-electron chi connectivity index (χ0n) is 16.7. The Morgan fingerprint density at radius 2 is 2.07 bits per heavy atom. The zero-order valence-corrected chi connectivity index (χ0v) is 17.5. The SMILES string of the molecule is CN(C)[C@H]1CC[C@H](Oc2nc(Nc3cnoc3)nc3sc4c(c23)CCOC4)CC1. The smallest absolute Gasteiger partial charge is 0.232 e. The summed E-state index contributed by atoms with van der Waals surface area (Å²) in [5.41, 5.74) is 2.00. The second-order valence-corrected chi connectivity index (χ2v) is 8.97. The van der Waals surface area contributed by atoms with Crippen molar-refractivity contribution in [2.75, 3.05) is 26.0 Å². The minimum Gasteiger partial charge on any atom is -0.474 e. The number of anilines is 2. The van der Waals surface area contributed by atoms with Crippen LogP contribution in [0.15, 0.2) is 17.0 Å². The fourth-order valence-corrected chi connectivity index (χ4v) is 5.31. The first-order valence-corrected chi connectivity index (χ1v) is 10.9. The van der Waals surface area contributed by atoms with Gasteiger partial charge in [0.2, 0.25) is 11.8 Å². The van der Waals surface area contributed by atoms with E-state index in [-0.39, 0.29) is 6.10 Å². The summed E-state index contributed by atoms with van der Waals surface area (Å²) in [4.78, 5) is 14.0. The van der Waals surface area contributed by atoms with Crippen molar-refractivity contribution in [3.05, 3.63) is 22.9 Å². The van der Waals surface area contributed by atoms with Crippen LogP contribution in [0.4, 0.5) is 11.6 Å². The van der Waals surface area contributed by atoms with Crippen LogP contribution in [-0.2, 0) is 17.8 Å². The van der Waals surface area contributed by atoms with Gasteiger partial charge in [0.25, 0.3) is 0 Å². The van der Waals surface area contributed by atoms with Gasteiger partial charge in [-0.3, -0.25) is 0 Å². The predicted molar refractivity (Wildman–Crippen MR) is 111 cm³/mol. The first kappa shape index (κ1) is 18.8. The molecule has 8 nitrogen and oxygen atoms in total. The number of hydrogen-bond acceptors (Lipinski definition) is 9. The highest BCUT2D eigenvalue weighted by molar-refractivity contribution is 7.18. The number of hydrogen-bond donors (Lipinski definition) is 1. The molecule has 9 heteroatoms. The number of thiophene rings is 1. The summed E-state index contributed by atoms with van der Waals surface area (Å²) in [6.45, 7) is 1.37. The van der Waals surface area contributed by atoms with Crippen molar-refractivity contribution in [1.29, 1.82) is 0 Å². The summed E-state index contributed by atoms with van der Waals surface area (Å²) in [6, 6.07) is 0.636. The van der Waals surface area contributed by atoms with Crippen molar-refractivity contribution in [2.24, 2.45) is 0 Å². The molecule has 1 fully saturated rings. The highest BCUT2D eigenvalue weighted by atomic mass is 32.1. The van der Waals surface area contributed by atoms with E-state index in [1.165, 1.54) is 16.7 Å². The summed E-state index contributed by atoms with van der Waals surface area (Å²) < 4.78 is 17.0. The number of nitrogens with one attached hydrogen (secondary N) is 1. The van der Waals surface area contributed by atoms with E-state index in [9.17, 15) is 0 Å². The molecule has 2 aliphatic rings. The van der Waals surface area contributed by atoms with E-state index in [0.29, 0.717) is 30.2 Å². The van der Waals surface area contributed by atoms with Crippen molar-refractivity contribution >= 4 is 33.2 Å². The maximum absolute atomic E-state index is 6.50. The van der Waals surface area contributed by atoms with Crippen LogP contribution >= 0.6 is 11.3 Å². The number of ether oxygens (including phenoxy) is 2. The molecule has 3 aromatic heterocycles. The molecule has 4 heterocycles. The Hall–Kier alpha value is -2.23. The third-order valence-corrected chi connectivity index (χ3v) is 6.87. The lowest BCUT2D eigenvalue weighted by atomic mass is 9.92. The molecule has 1 N–H and O–H groups in total. The fourth-order valence-electron chi connectivity index (χ4n) is 4.16. The number of aromatic nitrogens is 3. The van der Waals surface area contributed by atoms with Gasteiger partial charge in [0, 0.05) is 10.9 Å². The van der Waals surface area contributed by atoms with Gasteiger partial charge in [0.15, 0.2) is 0 Å². The average Bonchev–Trinajstić information content (AvgIpc) is 3.35. The second kappa shape index (κ2) is 7.89. The standard InChI is InChI=1S/C20H25N5O3S/c1-25(2)13-3-5-14(6-4-13)28-18-17-15-7-8-26-11-16(15)29-19(17)24-20(23-18)22-12-9-21-27-10-12/h9-10,13-14H,3-8,11H2,1-2H3,(H,22,23,24)/t13-,14-. The van der Waals surface area contributed by atoms with Crippen molar-refractivity contribution < 1.29 is 14.0 Å². The van der Waals surface area contributed by atoms with E-state index in [4.69, 9.17) is 24.0 Å². The summed E-state index contributed by atoms with van der Waals surface area (Å²) in [5, 5.41) is 7.95. The van der Waals surface area contributed by atoms with E-state index in [2.05, 4.69) is 29.5 Å². The minimum absolute atomic E-state index is 0.183.